The van der Waals surface area contributed by atoms with Crippen molar-refractivity contribution in [3.05, 3.63) is 23.8 Å². The van der Waals surface area contributed by atoms with Gasteiger partial charge in [0.15, 0.2) is 0 Å². The summed E-state index contributed by atoms with van der Waals surface area (Å²) >= 11 is 1.42. The van der Waals surface area contributed by atoms with Gasteiger partial charge < -0.3 is 4.90 Å². The second kappa shape index (κ2) is 6.58. The minimum atomic E-state index is -3.83. The summed E-state index contributed by atoms with van der Waals surface area (Å²) in [4.78, 5) is 15.2. The van der Waals surface area contributed by atoms with Crippen molar-refractivity contribution in [3.63, 3.8) is 0 Å². The molecule has 0 bridgehead atoms. The smallest absolute Gasteiger partial charge is 0.261 e. The third-order valence-corrected chi connectivity index (χ3v) is 5.90. The van der Waals surface area contributed by atoms with Crippen LogP contribution in [0.2, 0.25) is 0 Å². The Morgan fingerprint density at radius 2 is 1.95 bits per heavy atom. The molecule has 0 N–H and O–H groups in total. The highest BCUT2D eigenvalue weighted by molar-refractivity contribution is 8.13. The van der Waals surface area contributed by atoms with Gasteiger partial charge in [0.1, 0.15) is 0 Å². The van der Waals surface area contributed by atoms with Crippen LogP contribution in [0.1, 0.15) is 30.1 Å². The maximum absolute atomic E-state index is 12.6. The maximum Gasteiger partial charge on any atom is 0.261 e. The first-order valence-electron chi connectivity index (χ1n) is 6.75. The zero-order valence-electron chi connectivity index (χ0n) is 12.0. The average Bonchev–Trinajstić information content (AvgIpc) is 2.45. The lowest BCUT2D eigenvalue weighted by molar-refractivity contribution is 0.0693. The fourth-order valence-electron chi connectivity index (χ4n) is 2.39. The van der Waals surface area contributed by atoms with E-state index in [1.54, 1.807) is 11.0 Å². The highest BCUT2D eigenvalue weighted by Gasteiger charge is 2.24. The number of thioether (sulfide) groups is 1. The van der Waals surface area contributed by atoms with Gasteiger partial charge in [-0.3, -0.25) is 4.79 Å². The molecule has 0 radical (unpaired) electrons. The lowest BCUT2D eigenvalue weighted by atomic mass is 9.98. The van der Waals surface area contributed by atoms with E-state index in [4.69, 9.17) is 10.7 Å². The summed E-state index contributed by atoms with van der Waals surface area (Å²) in [6, 6.07) is 4.46. The molecule has 1 aliphatic heterocycles. The van der Waals surface area contributed by atoms with Crippen LogP contribution in [0.3, 0.4) is 0 Å². The van der Waals surface area contributed by atoms with Crippen molar-refractivity contribution in [2.45, 2.75) is 29.6 Å². The van der Waals surface area contributed by atoms with Crippen molar-refractivity contribution >= 4 is 37.4 Å². The molecule has 0 unspecified atom stereocenters. The standard InChI is InChI=1S/C14H18ClNO3S2/c1-10-5-7-16(8-6-10)14(17)12-9-11(21(15,18)19)3-4-13(12)20-2/h3-4,9-10H,5-8H2,1-2H3. The van der Waals surface area contributed by atoms with Crippen LogP contribution in [0, 0.1) is 5.92 Å². The van der Waals surface area contributed by atoms with Gasteiger partial charge in [0.2, 0.25) is 0 Å². The molecule has 1 heterocycles. The summed E-state index contributed by atoms with van der Waals surface area (Å²) < 4.78 is 22.9. The lowest BCUT2D eigenvalue weighted by Gasteiger charge is -2.30. The van der Waals surface area contributed by atoms with E-state index in [1.165, 1.54) is 23.9 Å². The number of piperidine rings is 1. The molecule has 0 aromatic heterocycles. The van der Waals surface area contributed by atoms with Gasteiger partial charge in [0.05, 0.1) is 10.5 Å². The van der Waals surface area contributed by atoms with Crippen molar-refractivity contribution in [2.24, 2.45) is 5.92 Å². The number of hydrogen-bond donors (Lipinski definition) is 0. The van der Waals surface area contributed by atoms with Crippen LogP contribution in [0.5, 0.6) is 0 Å². The van der Waals surface area contributed by atoms with Gasteiger partial charge in [-0.2, -0.15) is 0 Å². The minimum Gasteiger partial charge on any atom is -0.339 e. The summed E-state index contributed by atoms with van der Waals surface area (Å²) in [7, 11) is 1.55. The molecule has 0 spiro atoms. The molecule has 116 valence electrons. The number of likely N-dealkylation sites (tertiary alicyclic amines) is 1. The molecule has 1 amide bonds. The van der Waals surface area contributed by atoms with Gasteiger partial charge in [0.25, 0.3) is 15.0 Å². The largest absolute Gasteiger partial charge is 0.339 e. The molecule has 21 heavy (non-hydrogen) atoms. The second-order valence-corrected chi connectivity index (χ2v) is 8.69. The van der Waals surface area contributed by atoms with Crippen LogP contribution >= 0.6 is 22.4 Å². The van der Waals surface area contributed by atoms with E-state index in [2.05, 4.69) is 6.92 Å². The predicted molar refractivity (Wildman–Crippen MR) is 85.6 cm³/mol. The molecule has 1 fully saturated rings. The summed E-state index contributed by atoms with van der Waals surface area (Å²) in [5, 5.41) is 0. The Bertz CT molecular complexity index is 638. The van der Waals surface area contributed by atoms with Crippen LogP contribution in [-0.2, 0) is 9.05 Å². The Morgan fingerprint density at radius 3 is 2.48 bits per heavy atom. The SMILES string of the molecule is CSc1ccc(S(=O)(=O)Cl)cc1C(=O)N1CCC(C)CC1. The van der Waals surface area contributed by atoms with Crippen molar-refractivity contribution in [3.8, 4) is 0 Å². The fraction of sp³-hybridized carbons (Fsp3) is 0.500. The number of carbonyl (C=O) groups excluding carboxylic acids is 1. The molecular weight excluding hydrogens is 330 g/mol. The third kappa shape index (κ3) is 3.93. The highest BCUT2D eigenvalue weighted by Crippen LogP contribution is 2.28. The minimum absolute atomic E-state index is 0.0318. The molecular formula is C14H18ClNO3S2. The Balaban J connectivity index is 2.34. The third-order valence-electron chi connectivity index (χ3n) is 3.75. The van der Waals surface area contributed by atoms with E-state index in [0.717, 1.165) is 17.7 Å². The van der Waals surface area contributed by atoms with Crippen molar-refractivity contribution in [1.29, 1.82) is 0 Å². The van der Waals surface area contributed by atoms with Gasteiger partial charge in [-0.15, -0.1) is 11.8 Å². The van der Waals surface area contributed by atoms with Crippen molar-refractivity contribution < 1.29 is 13.2 Å². The zero-order valence-corrected chi connectivity index (χ0v) is 14.4. The van der Waals surface area contributed by atoms with E-state index in [0.29, 0.717) is 24.6 Å². The zero-order chi connectivity index (χ0) is 15.6. The Labute approximate surface area is 134 Å². The normalized spacial score (nSPS) is 17.0. The fourth-order valence-corrected chi connectivity index (χ4v) is 3.74. The van der Waals surface area contributed by atoms with E-state index in [9.17, 15) is 13.2 Å². The summed E-state index contributed by atoms with van der Waals surface area (Å²) in [6.07, 6.45) is 3.82. The summed E-state index contributed by atoms with van der Waals surface area (Å²) in [5.41, 5.74) is 0.416. The molecule has 2 rings (SSSR count). The highest BCUT2D eigenvalue weighted by atomic mass is 35.7. The van der Waals surface area contributed by atoms with Crippen LogP contribution in [0.15, 0.2) is 28.0 Å². The molecule has 0 saturated carbocycles. The number of benzene rings is 1. The van der Waals surface area contributed by atoms with Gasteiger partial charge in [0, 0.05) is 28.7 Å². The first-order valence-corrected chi connectivity index (χ1v) is 10.3. The van der Waals surface area contributed by atoms with Crippen LogP contribution < -0.4 is 0 Å². The first-order chi connectivity index (χ1) is 9.82. The lowest BCUT2D eigenvalue weighted by Crippen LogP contribution is -2.38. The Kier molecular flexibility index (Phi) is 5.22. The number of nitrogens with zero attached hydrogens (tertiary/aromatic N) is 1. The number of rotatable bonds is 3. The Morgan fingerprint density at radius 1 is 1.33 bits per heavy atom. The predicted octanol–water partition coefficient (Wildman–Crippen LogP) is 3.21. The van der Waals surface area contributed by atoms with Crippen molar-refractivity contribution in [2.75, 3.05) is 19.3 Å². The number of hydrogen-bond acceptors (Lipinski definition) is 4. The molecule has 1 aromatic carbocycles. The van der Waals surface area contributed by atoms with E-state index in [-0.39, 0.29) is 10.8 Å². The van der Waals surface area contributed by atoms with E-state index in [1.807, 2.05) is 6.26 Å². The topological polar surface area (TPSA) is 54.5 Å². The first kappa shape index (κ1) is 16.6. The number of carbonyl (C=O) groups is 1. The van der Waals surface area contributed by atoms with E-state index >= 15 is 0 Å². The van der Waals surface area contributed by atoms with Crippen LogP contribution in [0.25, 0.3) is 0 Å². The monoisotopic (exact) mass is 347 g/mol. The molecule has 4 nitrogen and oxygen atoms in total. The Hall–Kier alpha value is -0.720. The average molecular weight is 348 g/mol. The molecule has 1 aliphatic rings. The number of amides is 1. The maximum atomic E-state index is 12.6. The molecule has 0 aliphatic carbocycles. The van der Waals surface area contributed by atoms with Crippen molar-refractivity contribution in [1.82, 2.24) is 4.90 Å². The molecule has 7 heteroatoms. The quantitative estimate of drug-likeness (QED) is 0.622. The van der Waals surface area contributed by atoms with Gasteiger partial charge >= 0.3 is 0 Å². The molecule has 0 atom stereocenters. The summed E-state index contributed by atoms with van der Waals surface area (Å²) in [6.45, 7) is 3.60. The van der Waals surface area contributed by atoms with Crippen LogP contribution in [0.4, 0.5) is 0 Å². The van der Waals surface area contributed by atoms with Gasteiger partial charge in [-0.25, -0.2) is 8.42 Å². The van der Waals surface area contributed by atoms with E-state index < -0.39 is 9.05 Å². The van der Waals surface area contributed by atoms with Crippen LogP contribution in [-0.4, -0.2) is 38.6 Å². The second-order valence-electron chi connectivity index (χ2n) is 5.27. The molecule has 1 aromatic rings. The number of halogens is 1. The molecule has 1 saturated heterocycles. The summed E-state index contributed by atoms with van der Waals surface area (Å²) in [5.74, 6) is 0.511. The van der Waals surface area contributed by atoms with Gasteiger partial charge in [-0.05, 0) is 43.2 Å². The van der Waals surface area contributed by atoms with Gasteiger partial charge in [-0.1, -0.05) is 6.92 Å².